The maximum atomic E-state index is 10.8. The average molecular weight is 367 g/mol. The molecule has 2 aromatic rings. The summed E-state index contributed by atoms with van der Waals surface area (Å²) in [7, 11) is 2.08. The Hall–Kier alpha value is -2.76. The minimum atomic E-state index is -0.708. The number of aliphatic carboxylic acids is 1. The topological polar surface area (TPSA) is 74.7 Å². The number of carboxylic acids is 1. The second kappa shape index (κ2) is 7.47. The number of pyridine rings is 1. The van der Waals surface area contributed by atoms with Crippen molar-refractivity contribution in [2.75, 3.05) is 37.0 Å². The lowest BCUT2D eigenvalue weighted by Crippen LogP contribution is -2.31. The van der Waals surface area contributed by atoms with E-state index in [1.807, 2.05) is 12.1 Å². The van der Waals surface area contributed by atoms with Crippen LogP contribution in [0.2, 0.25) is 0 Å². The third-order valence-corrected chi connectivity index (χ3v) is 5.38. The summed E-state index contributed by atoms with van der Waals surface area (Å²) < 4.78 is 5.86. The van der Waals surface area contributed by atoms with E-state index in [1.165, 1.54) is 5.56 Å². The molecule has 0 radical (unpaired) electrons. The molecule has 0 spiro atoms. The first-order chi connectivity index (χ1) is 13.1. The molecular weight excluding hydrogens is 342 g/mol. The molecule has 1 aromatic carbocycles. The Bertz CT molecular complexity index is 822. The van der Waals surface area contributed by atoms with Gasteiger partial charge in [-0.2, -0.15) is 0 Å². The molecule has 1 aliphatic heterocycles. The molecule has 4 rings (SSSR count). The van der Waals surface area contributed by atoms with Crippen molar-refractivity contribution in [3.05, 3.63) is 47.7 Å². The van der Waals surface area contributed by atoms with Crippen LogP contribution in [0.5, 0.6) is 5.75 Å². The molecule has 2 heterocycles. The molecule has 2 aliphatic rings. The zero-order valence-electron chi connectivity index (χ0n) is 15.5. The highest BCUT2D eigenvalue weighted by atomic mass is 16.5. The van der Waals surface area contributed by atoms with E-state index in [4.69, 9.17) is 14.8 Å². The maximum absolute atomic E-state index is 10.8. The number of carboxylic acid groups (broad SMARTS) is 1. The van der Waals surface area contributed by atoms with Gasteiger partial charge in [-0.05, 0) is 48.1 Å². The highest BCUT2D eigenvalue weighted by molar-refractivity contribution is 5.68. The van der Waals surface area contributed by atoms with Gasteiger partial charge in [-0.25, -0.2) is 4.98 Å². The normalized spacial score (nSPS) is 20.6. The van der Waals surface area contributed by atoms with E-state index in [2.05, 4.69) is 41.5 Å². The summed E-state index contributed by atoms with van der Waals surface area (Å²) in [6.07, 6.45) is 1.99. The predicted molar refractivity (Wildman–Crippen MR) is 105 cm³/mol. The summed E-state index contributed by atoms with van der Waals surface area (Å²) in [6, 6.07) is 12.2. The molecule has 142 valence electrons. The molecule has 27 heavy (non-hydrogen) atoms. The Balaban J connectivity index is 1.28. The van der Waals surface area contributed by atoms with Gasteiger partial charge >= 0.3 is 5.97 Å². The fourth-order valence-electron chi connectivity index (χ4n) is 3.72. The number of carbonyl (C=O) groups is 1. The smallest absolute Gasteiger partial charge is 0.303 e. The molecule has 2 atom stereocenters. The second-order valence-corrected chi connectivity index (χ2v) is 7.39. The number of hydrogen-bond acceptors (Lipinski definition) is 5. The molecule has 1 fully saturated rings. The summed E-state index contributed by atoms with van der Waals surface area (Å²) in [5, 5.41) is 12.2. The number of hydrogen-bond donors (Lipinski definition) is 2. The molecule has 0 amide bonds. The fraction of sp³-hybridized carbons (Fsp3) is 0.429. The van der Waals surface area contributed by atoms with E-state index in [0.717, 1.165) is 48.9 Å². The summed E-state index contributed by atoms with van der Waals surface area (Å²) in [5.41, 5.74) is 3.37. The van der Waals surface area contributed by atoms with E-state index in [-0.39, 0.29) is 12.3 Å². The number of benzene rings is 1. The molecule has 6 heteroatoms. The lowest BCUT2D eigenvalue weighted by atomic mass is 10.1. The van der Waals surface area contributed by atoms with Crippen LogP contribution in [0.25, 0.3) is 0 Å². The van der Waals surface area contributed by atoms with Crippen molar-refractivity contribution in [1.82, 2.24) is 4.98 Å². The number of rotatable bonds is 7. The van der Waals surface area contributed by atoms with Gasteiger partial charge in [0, 0.05) is 38.7 Å². The van der Waals surface area contributed by atoms with E-state index >= 15 is 0 Å². The largest absolute Gasteiger partial charge is 0.493 e. The molecular formula is C21H25N3O3. The summed E-state index contributed by atoms with van der Waals surface area (Å²) >= 11 is 0. The van der Waals surface area contributed by atoms with Crippen LogP contribution < -0.4 is 15.0 Å². The Labute approximate surface area is 159 Å². The monoisotopic (exact) mass is 367 g/mol. The summed E-state index contributed by atoms with van der Waals surface area (Å²) in [5.74, 6) is 1.76. The minimum absolute atomic E-state index is 0.265. The molecule has 1 aliphatic carbocycles. The van der Waals surface area contributed by atoms with Crippen molar-refractivity contribution < 1.29 is 14.6 Å². The second-order valence-electron chi connectivity index (χ2n) is 7.39. The van der Waals surface area contributed by atoms with Crippen molar-refractivity contribution in [1.29, 1.82) is 0 Å². The number of nitrogens with one attached hydrogen (secondary N) is 1. The van der Waals surface area contributed by atoms with Gasteiger partial charge in [-0.1, -0.05) is 12.1 Å². The summed E-state index contributed by atoms with van der Waals surface area (Å²) in [6.45, 7) is 2.48. The van der Waals surface area contributed by atoms with Crippen LogP contribution in [0.3, 0.4) is 0 Å². The fourth-order valence-corrected chi connectivity index (χ4v) is 3.72. The van der Waals surface area contributed by atoms with Crippen LogP contribution in [-0.4, -0.2) is 42.8 Å². The highest BCUT2D eigenvalue weighted by Crippen LogP contribution is 2.49. The Morgan fingerprint density at radius 3 is 2.89 bits per heavy atom. The molecule has 2 unspecified atom stereocenters. The van der Waals surface area contributed by atoms with Gasteiger partial charge in [0.1, 0.15) is 11.6 Å². The van der Waals surface area contributed by atoms with Gasteiger partial charge in [-0.3, -0.25) is 4.79 Å². The van der Waals surface area contributed by atoms with Crippen molar-refractivity contribution in [3.63, 3.8) is 0 Å². The van der Waals surface area contributed by atoms with Gasteiger partial charge in [-0.15, -0.1) is 0 Å². The van der Waals surface area contributed by atoms with E-state index in [9.17, 15) is 4.79 Å². The molecule has 1 aromatic heterocycles. The molecule has 0 saturated heterocycles. The number of ether oxygens (including phenoxy) is 1. The number of fused-ring (bicyclic) bond motifs is 1. The van der Waals surface area contributed by atoms with Crippen LogP contribution in [0, 0.1) is 5.92 Å². The molecule has 2 N–H and O–H groups in total. The van der Waals surface area contributed by atoms with E-state index in [1.54, 1.807) is 0 Å². The Kier molecular flexibility index (Phi) is 4.88. The lowest BCUT2D eigenvalue weighted by Gasteiger charge is -2.27. The summed E-state index contributed by atoms with van der Waals surface area (Å²) in [4.78, 5) is 17.7. The first-order valence-electron chi connectivity index (χ1n) is 9.49. The SMILES string of the molecule is CN1CCNc2nc(CCOc3ccc(C4CC4CC(=O)O)cc3)ccc21. The van der Waals surface area contributed by atoms with Crippen molar-refractivity contribution in [2.24, 2.45) is 5.92 Å². The van der Waals surface area contributed by atoms with E-state index in [0.29, 0.717) is 12.5 Å². The third-order valence-electron chi connectivity index (χ3n) is 5.38. The van der Waals surface area contributed by atoms with Crippen molar-refractivity contribution in [3.8, 4) is 5.75 Å². The van der Waals surface area contributed by atoms with Gasteiger partial charge in [0.05, 0.1) is 12.3 Å². The lowest BCUT2D eigenvalue weighted by molar-refractivity contribution is -0.137. The van der Waals surface area contributed by atoms with Gasteiger partial charge in [0.25, 0.3) is 0 Å². The van der Waals surface area contributed by atoms with Crippen LogP contribution in [-0.2, 0) is 11.2 Å². The van der Waals surface area contributed by atoms with E-state index < -0.39 is 5.97 Å². The van der Waals surface area contributed by atoms with Crippen LogP contribution >= 0.6 is 0 Å². The number of aromatic nitrogens is 1. The molecule has 6 nitrogen and oxygen atoms in total. The van der Waals surface area contributed by atoms with Crippen molar-refractivity contribution >= 4 is 17.5 Å². The maximum Gasteiger partial charge on any atom is 0.303 e. The number of nitrogens with zero attached hydrogens (tertiary/aromatic N) is 2. The predicted octanol–water partition coefficient (Wildman–Crippen LogP) is 3.14. The zero-order valence-corrected chi connectivity index (χ0v) is 15.5. The first-order valence-corrected chi connectivity index (χ1v) is 9.49. The first kappa shape index (κ1) is 17.6. The standard InChI is InChI=1S/C21H25N3O3/c1-24-10-9-22-21-19(24)7-4-16(23-21)8-11-27-17-5-2-14(3-6-17)18-12-15(18)13-20(25)26/h2-7,15,18H,8-13H2,1H3,(H,22,23)(H,25,26). The number of anilines is 2. The molecule has 0 bridgehead atoms. The Morgan fingerprint density at radius 1 is 1.30 bits per heavy atom. The van der Waals surface area contributed by atoms with Gasteiger partial charge in [0.2, 0.25) is 0 Å². The Morgan fingerprint density at radius 2 is 2.11 bits per heavy atom. The average Bonchev–Trinajstić information content (AvgIpc) is 3.41. The van der Waals surface area contributed by atoms with Crippen molar-refractivity contribution in [2.45, 2.75) is 25.2 Å². The molecule has 1 saturated carbocycles. The zero-order chi connectivity index (χ0) is 18.8. The van der Waals surface area contributed by atoms with Crippen LogP contribution in [0.15, 0.2) is 36.4 Å². The van der Waals surface area contributed by atoms with Crippen LogP contribution in [0.4, 0.5) is 11.5 Å². The minimum Gasteiger partial charge on any atom is -0.493 e. The highest BCUT2D eigenvalue weighted by Gasteiger charge is 2.39. The van der Waals surface area contributed by atoms with Crippen LogP contribution in [0.1, 0.15) is 30.0 Å². The third kappa shape index (κ3) is 4.15. The number of likely N-dealkylation sites (N-methyl/N-ethyl adjacent to an activating group) is 1. The quantitative estimate of drug-likeness (QED) is 0.783. The van der Waals surface area contributed by atoms with Gasteiger partial charge < -0.3 is 20.1 Å². The van der Waals surface area contributed by atoms with Gasteiger partial charge in [0.15, 0.2) is 0 Å².